The molecule has 0 aliphatic carbocycles. The molecule has 2 aliphatic rings. The van der Waals surface area contributed by atoms with Gasteiger partial charge in [0.05, 0.1) is 6.42 Å². The average molecular weight is 330 g/mol. The number of nitrogens with zero attached hydrogens (tertiary/aromatic N) is 2. The van der Waals surface area contributed by atoms with Crippen LogP contribution >= 0.6 is 0 Å². The van der Waals surface area contributed by atoms with E-state index >= 15 is 0 Å². The Morgan fingerprint density at radius 2 is 1.75 bits per heavy atom. The molecule has 1 aromatic rings. The summed E-state index contributed by atoms with van der Waals surface area (Å²) in [5, 5.41) is 9.23. The van der Waals surface area contributed by atoms with E-state index in [0.717, 1.165) is 31.2 Å². The lowest BCUT2D eigenvalue weighted by molar-refractivity contribution is -0.144. The number of benzene rings is 1. The van der Waals surface area contributed by atoms with Crippen LogP contribution in [0.5, 0.6) is 0 Å². The number of aliphatic hydroxyl groups is 1. The predicted octanol–water partition coefficient (Wildman–Crippen LogP) is 1.45. The van der Waals surface area contributed by atoms with E-state index in [1.54, 1.807) is 4.90 Å². The summed E-state index contributed by atoms with van der Waals surface area (Å²) in [5.74, 6) is 0.445. The van der Waals surface area contributed by atoms with E-state index in [1.807, 2.05) is 35.2 Å². The van der Waals surface area contributed by atoms with Crippen molar-refractivity contribution < 1.29 is 14.7 Å². The van der Waals surface area contributed by atoms with E-state index in [0.29, 0.717) is 32.0 Å². The first-order chi connectivity index (χ1) is 11.7. The fraction of sp³-hybridized carbons (Fsp3) is 0.579. The lowest BCUT2D eigenvalue weighted by Crippen LogP contribution is -2.50. The molecule has 2 heterocycles. The Hall–Kier alpha value is -1.88. The first-order valence-electron chi connectivity index (χ1n) is 8.92. The Kier molecular flexibility index (Phi) is 5.51. The van der Waals surface area contributed by atoms with Gasteiger partial charge in [-0.2, -0.15) is 0 Å². The second-order valence-electron chi connectivity index (χ2n) is 6.86. The molecule has 5 nitrogen and oxygen atoms in total. The van der Waals surface area contributed by atoms with E-state index in [2.05, 4.69) is 0 Å². The van der Waals surface area contributed by atoms with Crippen molar-refractivity contribution in [3.05, 3.63) is 35.9 Å². The maximum atomic E-state index is 12.8. The van der Waals surface area contributed by atoms with Crippen LogP contribution in [-0.2, 0) is 16.0 Å². The topological polar surface area (TPSA) is 60.9 Å². The van der Waals surface area contributed by atoms with E-state index in [4.69, 9.17) is 0 Å². The zero-order valence-electron chi connectivity index (χ0n) is 14.1. The molecule has 24 heavy (non-hydrogen) atoms. The monoisotopic (exact) mass is 330 g/mol. The lowest BCUT2D eigenvalue weighted by Gasteiger charge is -2.35. The van der Waals surface area contributed by atoms with E-state index in [-0.39, 0.29) is 24.5 Å². The molecule has 2 saturated heterocycles. The molecule has 2 aliphatic heterocycles. The number of hydrogen-bond acceptors (Lipinski definition) is 3. The highest BCUT2D eigenvalue weighted by Crippen LogP contribution is 2.24. The van der Waals surface area contributed by atoms with Gasteiger partial charge < -0.3 is 14.9 Å². The highest BCUT2D eigenvalue weighted by molar-refractivity contribution is 5.89. The molecule has 0 aromatic heterocycles. The molecule has 0 bridgehead atoms. The van der Waals surface area contributed by atoms with E-state index in [9.17, 15) is 14.7 Å². The summed E-state index contributed by atoms with van der Waals surface area (Å²) in [5.41, 5.74) is 0.990. The van der Waals surface area contributed by atoms with Crippen LogP contribution in [0, 0.1) is 5.92 Å². The van der Waals surface area contributed by atoms with Crippen LogP contribution in [0.25, 0.3) is 0 Å². The summed E-state index contributed by atoms with van der Waals surface area (Å²) in [6.07, 6.45) is 3.72. The SMILES string of the molecule is O=C(C1CCCN1C(=O)Cc1ccccc1)N1CCC(CO)CC1. The second kappa shape index (κ2) is 7.79. The predicted molar refractivity (Wildman–Crippen MR) is 91.3 cm³/mol. The number of carbonyl (C=O) groups excluding carboxylic acids is 2. The maximum Gasteiger partial charge on any atom is 0.245 e. The zero-order chi connectivity index (χ0) is 16.9. The highest BCUT2D eigenvalue weighted by Gasteiger charge is 2.37. The minimum absolute atomic E-state index is 0.0438. The van der Waals surface area contributed by atoms with Crippen LogP contribution in [0.15, 0.2) is 30.3 Å². The molecule has 1 aromatic carbocycles. The van der Waals surface area contributed by atoms with Crippen molar-refractivity contribution in [1.82, 2.24) is 9.80 Å². The Morgan fingerprint density at radius 1 is 1.04 bits per heavy atom. The van der Waals surface area contributed by atoms with Crippen LogP contribution in [0.4, 0.5) is 0 Å². The number of hydrogen-bond donors (Lipinski definition) is 1. The molecule has 3 rings (SSSR count). The fourth-order valence-corrected chi connectivity index (χ4v) is 3.74. The standard InChI is InChI=1S/C19H26N2O3/c22-14-16-8-11-20(12-9-16)19(24)17-7-4-10-21(17)18(23)13-15-5-2-1-3-6-15/h1-3,5-6,16-17,22H,4,7-14H2. The number of piperidine rings is 1. The van der Waals surface area contributed by atoms with Gasteiger partial charge in [-0.15, -0.1) is 0 Å². The first-order valence-corrected chi connectivity index (χ1v) is 8.92. The van der Waals surface area contributed by atoms with Gasteiger partial charge in [-0.3, -0.25) is 9.59 Å². The molecular formula is C19H26N2O3. The Morgan fingerprint density at radius 3 is 2.42 bits per heavy atom. The Balaban J connectivity index is 1.60. The van der Waals surface area contributed by atoms with Gasteiger partial charge in [0, 0.05) is 26.2 Å². The summed E-state index contributed by atoms with van der Waals surface area (Å²) < 4.78 is 0. The third kappa shape index (κ3) is 3.78. The van der Waals surface area contributed by atoms with Gasteiger partial charge in [0.25, 0.3) is 0 Å². The number of amides is 2. The molecule has 2 amide bonds. The van der Waals surface area contributed by atoms with Gasteiger partial charge in [-0.25, -0.2) is 0 Å². The summed E-state index contributed by atoms with van der Waals surface area (Å²) in [4.78, 5) is 29.1. The number of rotatable bonds is 4. The molecule has 2 fully saturated rings. The molecule has 130 valence electrons. The lowest BCUT2D eigenvalue weighted by atomic mass is 9.97. The van der Waals surface area contributed by atoms with Crippen molar-refractivity contribution in [3.63, 3.8) is 0 Å². The van der Waals surface area contributed by atoms with Gasteiger partial charge >= 0.3 is 0 Å². The maximum absolute atomic E-state index is 12.8. The van der Waals surface area contributed by atoms with E-state index in [1.165, 1.54) is 0 Å². The van der Waals surface area contributed by atoms with Crippen molar-refractivity contribution in [2.24, 2.45) is 5.92 Å². The minimum Gasteiger partial charge on any atom is -0.396 e. The normalized spacial score (nSPS) is 22.0. The minimum atomic E-state index is -0.299. The van der Waals surface area contributed by atoms with Gasteiger partial charge in [0.1, 0.15) is 6.04 Å². The summed E-state index contributed by atoms with van der Waals surface area (Å²) in [6, 6.07) is 9.40. The van der Waals surface area contributed by atoms with Crippen LogP contribution in [0.3, 0.4) is 0 Å². The number of likely N-dealkylation sites (tertiary alicyclic amines) is 2. The van der Waals surface area contributed by atoms with Crippen molar-refractivity contribution in [2.75, 3.05) is 26.2 Å². The molecule has 0 spiro atoms. The second-order valence-corrected chi connectivity index (χ2v) is 6.86. The zero-order valence-corrected chi connectivity index (χ0v) is 14.1. The molecule has 0 saturated carbocycles. The molecule has 1 N–H and O–H groups in total. The highest BCUT2D eigenvalue weighted by atomic mass is 16.3. The largest absolute Gasteiger partial charge is 0.396 e. The Labute approximate surface area is 143 Å². The number of carbonyl (C=O) groups is 2. The van der Waals surface area contributed by atoms with Crippen LogP contribution in [-0.4, -0.2) is 59.0 Å². The molecule has 0 radical (unpaired) electrons. The van der Waals surface area contributed by atoms with Gasteiger partial charge in [0.2, 0.25) is 11.8 Å². The smallest absolute Gasteiger partial charge is 0.245 e. The third-order valence-corrected chi connectivity index (χ3v) is 5.24. The molecular weight excluding hydrogens is 304 g/mol. The van der Waals surface area contributed by atoms with Crippen molar-refractivity contribution >= 4 is 11.8 Å². The van der Waals surface area contributed by atoms with E-state index < -0.39 is 0 Å². The van der Waals surface area contributed by atoms with Crippen molar-refractivity contribution in [2.45, 2.75) is 38.1 Å². The first kappa shape index (κ1) is 17.0. The van der Waals surface area contributed by atoms with Crippen molar-refractivity contribution in [3.8, 4) is 0 Å². The third-order valence-electron chi connectivity index (χ3n) is 5.24. The van der Waals surface area contributed by atoms with Gasteiger partial charge in [-0.1, -0.05) is 30.3 Å². The van der Waals surface area contributed by atoms with Gasteiger partial charge in [0.15, 0.2) is 0 Å². The Bertz CT molecular complexity index is 567. The van der Waals surface area contributed by atoms with Crippen LogP contribution in [0.1, 0.15) is 31.2 Å². The quantitative estimate of drug-likeness (QED) is 0.909. The van der Waals surface area contributed by atoms with Crippen LogP contribution in [0.2, 0.25) is 0 Å². The summed E-state index contributed by atoms with van der Waals surface area (Å²) in [7, 11) is 0. The fourth-order valence-electron chi connectivity index (χ4n) is 3.74. The van der Waals surface area contributed by atoms with Crippen molar-refractivity contribution in [1.29, 1.82) is 0 Å². The molecule has 5 heteroatoms. The van der Waals surface area contributed by atoms with Gasteiger partial charge in [-0.05, 0) is 37.2 Å². The molecule has 1 atom stereocenters. The summed E-state index contributed by atoms with van der Waals surface area (Å²) >= 11 is 0. The molecule has 1 unspecified atom stereocenters. The number of aliphatic hydroxyl groups excluding tert-OH is 1. The van der Waals surface area contributed by atoms with Crippen LogP contribution < -0.4 is 0 Å². The average Bonchev–Trinajstić information content (AvgIpc) is 3.12. The summed E-state index contributed by atoms with van der Waals surface area (Å²) in [6.45, 7) is 2.27.